The number of non-ortho nitro benzene ring substituents is 1. The number of aromatic hydroxyl groups is 1. The van der Waals surface area contributed by atoms with Crippen molar-refractivity contribution < 1.29 is 23.2 Å². The van der Waals surface area contributed by atoms with Gasteiger partial charge in [-0.15, -0.1) is 0 Å². The summed E-state index contributed by atoms with van der Waals surface area (Å²) in [6.07, 6.45) is 0. The highest BCUT2D eigenvalue weighted by molar-refractivity contribution is 7.89. The number of sulfonamides is 1. The van der Waals surface area contributed by atoms with Crippen molar-refractivity contribution in [2.45, 2.75) is 57.3 Å². The summed E-state index contributed by atoms with van der Waals surface area (Å²) >= 11 is 0. The minimum Gasteiger partial charge on any atom is -0.507 e. The molecule has 1 amide bonds. The predicted molar refractivity (Wildman–Crippen MR) is 118 cm³/mol. The van der Waals surface area contributed by atoms with Crippen LogP contribution in [0.2, 0.25) is 0 Å². The van der Waals surface area contributed by atoms with Gasteiger partial charge >= 0.3 is 0 Å². The van der Waals surface area contributed by atoms with Gasteiger partial charge in [0.15, 0.2) is 0 Å². The van der Waals surface area contributed by atoms with E-state index in [9.17, 15) is 28.4 Å². The lowest BCUT2D eigenvalue weighted by atomic mass is 9.78. The molecule has 0 spiro atoms. The van der Waals surface area contributed by atoms with Crippen molar-refractivity contribution in [3.8, 4) is 5.75 Å². The number of nitrogens with zero attached hydrogens (tertiary/aromatic N) is 1. The molecule has 0 aliphatic heterocycles. The molecule has 0 bridgehead atoms. The van der Waals surface area contributed by atoms with Gasteiger partial charge in [-0.05, 0) is 29.0 Å². The molecule has 0 aliphatic carbocycles. The Hall–Kier alpha value is -2.98. The summed E-state index contributed by atoms with van der Waals surface area (Å²) in [5.41, 5.74) is -0.288. The molecule has 0 unspecified atom stereocenters. The van der Waals surface area contributed by atoms with Crippen molar-refractivity contribution in [3.05, 3.63) is 57.1 Å². The van der Waals surface area contributed by atoms with E-state index in [0.717, 1.165) is 18.2 Å². The first-order valence-electron chi connectivity index (χ1n) is 9.43. The van der Waals surface area contributed by atoms with Gasteiger partial charge < -0.3 is 10.4 Å². The summed E-state index contributed by atoms with van der Waals surface area (Å²) in [6.45, 7) is 11.4. The monoisotopic (exact) mass is 449 g/mol. The number of phenolic OH excluding ortho intramolecular Hbond substituents is 1. The summed E-state index contributed by atoms with van der Waals surface area (Å²) in [7, 11) is -4.35. The van der Waals surface area contributed by atoms with Crippen LogP contribution in [0.5, 0.6) is 5.75 Å². The van der Waals surface area contributed by atoms with Crippen LogP contribution in [0, 0.1) is 10.1 Å². The van der Waals surface area contributed by atoms with E-state index in [1.807, 2.05) is 41.5 Å². The number of nitrogens with one attached hydrogen (secondary N) is 1. The minimum absolute atomic E-state index is 0.0945. The molecule has 2 aromatic rings. The fourth-order valence-corrected chi connectivity index (χ4v) is 3.78. The Bertz CT molecular complexity index is 1120. The number of hydrogen-bond acceptors (Lipinski definition) is 6. The highest BCUT2D eigenvalue weighted by Crippen LogP contribution is 2.40. The molecule has 0 saturated heterocycles. The molecule has 0 aromatic heterocycles. The largest absolute Gasteiger partial charge is 0.507 e. The summed E-state index contributed by atoms with van der Waals surface area (Å²) in [5.74, 6) is -0.549. The maximum absolute atomic E-state index is 13.0. The third-order valence-corrected chi connectivity index (χ3v) is 5.67. The number of amides is 1. The Morgan fingerprint density at radius 2 is 1.52 bits per heavy atom. The Balaban J connectivity index is 2.63. The minimum atomic E-state index is -4.35. The maximum atomic E-state index is 13.0. The van der Waals surface area contributed by atoms with Crippen LogP contribution in [-0.2, 0) is 20.9 Å². The fourth-order valence-electron chi connectivity index (χ4n) is 3.07. The molecule has 10 heteroatoms. The van der Waals surface area contributed by atoms with Crippen LogP contribution < -0.4 is 10.5 Å². The molecule has 31 heavy (non-hydrogen) atoms. The van der Waals surface area contributed by atoms with Gasteiger partial charge in [0.2, 0.25) is 10.0 Å². The first-order chi connectivity index (χ1) is 13.9. The predicted octanol–water partition coefficient (Wildman–Crippen LogP) is 3.80. The Labute approximate surface area is 181 Å². The molecule has 168 valence electrons. The van der Waals surface area contributed by atoms with Gasteiger partial charge in [0.05, 0.1) is 10.6 Å². The number of phenols is 1. The van der Waals surface area contributed by atoms with Crippen molar-refractivity contribution in [2.75, 3.05) is 5.32 Å². The lowest BCUT2D eigenvalue weighted by Crippen LogP contribution is -2.22. The SMILES string of the molecule is CC(C)(C)c1cc(C(=O)Nc2ccc([N+](=O)[O-])cc2S(N)(=O)=O)cc(C(C)(C)C)c1O. The van der Waals surface area contributed by atoms with Crippen LogP contribution >= 0.6 is 0 Å². The maximum Gasteiger partial charge on any atom is 0.270 e. The number of nitro benzene ring substituents is 1. The van der Waals surface area contributed by atoms with Crippen LogP contribution in [0.25, 0.3) is 0 Å². The van der Waals surface area contributed by atoms with Crippen LogP contribution in [0.4, 0.5) is 11.4 Å². The zero-order chi connectivity index (χ0) is 23.9. The van der Waals surface area contributed by atoms with Crippen LogP contribution in [0.3, 0.4) is 0 Å². The number of primary sulfonamides is 1. The molecule has 0 radical (unpaired) electrons. The second-order valence-corrected chi connectivity index (χ2v) is 10.9. The number of carbonyl (C=O) groups excluding carboxylic acids is 1. The molecule has 0 fully saturated rings. The van der Waals surface area contributed by atoms with Gasteiger partial charge in [0.25, 0.3) is 11.6 Å². The molecular formula is C21H27N3O6S. The second kappa shape index (κ2) is 7.93. The number of nitrogens with two attached hydrogens (primary N) is 1. The number of carbonyl (C=O) groups is 1. The Kier molecular flexibility index (Phi) is 6.22. The molecule has 0 atom stereocenters. The lowest BCUT2D eigenvalue weighted by Gasteiger charge is -2.28. The zero-order valence-corrected chi connectivity index (χ0v) is 19.1. The van der Waals surface area contributed by atoms with Crippen molar-refractivity contribution in [3.63, 3.8) is 0 Å². The van der Waals surface area contributed by atoms with Gasteiger partial charge in [-0.2, -0.15) is 0 Å². The van der Waals surface area contributed by atoms with E-state index < -0.39 is 42.3 Å². The summed E-state index contributed by atoms with van der Waals surface area (Å²) < 4.78 is 23.9. The Morgan fingerprint density at radius 1 is 1.03 bits per heavy atom. The lowest BCUT2D eigenvalue weighted by molar-refractivity contribution is -0.385. The van der Waals surface area contributed by atoms with E-state index in [4.69, 9.17) is 5.14 Å². The van der Waals surface area contributed by atoms with Gasteiger partial charge in [0, 0.05) is 28.8 Å². The van der Waals surface area contributed by atoms with Crippen LogP contribution in [0.15, 0.2) is 35.2 Å². The van der Waals surface area contributed by atoms with Crippen LogP contribution in [-0.4, -0.2) is 24.4 Å². The molecule has 0 heterocycles. The van der Waals surface area contributed by atoms with E-state index in [-0.39, 0.29) is 17.0 Å². The van der Waals surface area contributed by atoms with Gasteiger partial charge in [-0.3, -0.25) is 14.9 Å². The first kappa shape index (κ1) is 24.3. The molecule has 2 rings (SSSR count). The smallest absolute Gasteiger partial charge is 0.270 e. The summed E-state index contributed by atoms with van der Waals surface area (Å²) in [5, 5.41) is 29.4. The second-order valence-electron chi connectivity index (χ2n) is 9.36. The average Bonchev–Trinajstić information content (AvgIpc) is 2.58. The van der Waals surface area contributed by atoms with E-state index >= 15 is 0 Å². The molecule has 2 aromatic carbocycles. The number of hydrogen-bond donors (Lipinski definition) is 3. The van der Waals surface area contributed by atoms with E-state index in [0.29, 0.717) is 11.1 Å². The number of nitro groups is 1. The molecule has 9 nitrogen and oxygen atoms in total. The number of anilines is 1. The topological polar surface area (TPSA) is 153 Å². The molecule has 0 aliphatic rings. The van der Waals surface area contributed by atoms with Crippen LogP contribution in [0.1, 0.15) is 63.0 Å². The summed E-state index contributed by atoms with van der Waals surface area (Å²) in [6, 6.07) is 6.07. The number of benzene rings is 2. The number of rotatable bonds is 4. The highest BCUT2D eigenvalue weighted by Gasteiger charge is 2.28. The van der Waals surface area contributed by atoms with Crippen molar-refractivity contribution in [1.29, 1.82) is 0 Å². The third kappa shape index (κ3) is 5.39. The molecular weight excluding hydrogens is 422 g/mol. The quantitative estimate of drug-likeness (QED) is 0.477. The molecule has 4 N–H and O–H groups in total. The normalized spacial score (nSPS) is 12.5. The fraction of sp³-hybridized carbons (Fsp3) is 0.381. The van der Waals surface area contributed by atoms with E-state index in [1.165, 1.54) is 0 Å². The summed E-state index contributed by atoms with van der Waals surface area (Å²) in [4.78, 5) is 22.7. The van der Waals surface area contributed by atoms with Crippen molar-refractivity contribution in [1.82, 2.24) is 0 Å². The highest BCUT2D eigenvalue weighted by atomic mass is 32.2. The van der Waals surface area contributed by atoms with Gasteiger partial charge in [-0.1, -0.05) is 41.5 Å². The average molecular weight is 450 g/mol. The third-order valence-electron chi connectivity index (χ3n) is 4.72. The Morgan fingerprint density at radius 3 is 1.90 bits per heavy atom. The molecule has 0 saturated carbocycles. The van der Waals surface area contributed by atoms with Crippen molar-refractivity contribution in [2.24, 2.45) is 5.14 Å². The van der Waals surface area contributed by atoms with Gasteiger partial charge in [0.1, 0.15) is 10.6 Å². The van der Waals surface area contributed by atoms with Gasteiger partial charge in [-0.25, -0.2) is 13.6 Å². The standard InChI is InChI=1S/C21H27N3O6S/c1-20(2,3)14-9-12(10-15(18(14)25)21(4,5)6)19(26)23-16-8-7-13(24(27)28)11-17(16)31(22,29)30/h7-11,25H,1-6H3,(H,23,26)(H2,22,29,30). The van der Waals surface area contributed by atoms with Crippen molar-refractivity contribution >= 4 is 27.3 Å². The first-order valence-corrected chi connectivity index (χ1v) is 11.0. The zero-order valence-electron chi connectivity index (χ0n) is 18.3. The van der Waals surface area contributed by atoms with E-state index in [1.54, 1.807) is 12.1 Å². The van der Waals surface area contributed by atoms with E-state index in [2.05, 4.69) is 5.32 Å².